The number of hydrogen-bond donors (Lipinski definition) is 1. The first kappa shape index (κ1) is 15.2. The molecule has 2 rings (SSSR count). The topological polar surface area (TPSA) is 86.1 Å². The van der Waals surface area contributed by atoms with Gasteiger partial charge in [0.2, 0.25) is 0 Å². The third kappa shape index (κ3) is 4.12. The molecule has 2 heterocycles. The number of hydrogen-bond acceptors (Lipinski definition) is 6. The number of carbonyl (C=O) groups excluding carboxylic acids is 2. The fraction of sp³-hybridized carbons (Fsp3) is 0.385. The van der Waals surface area contributed by atoms with Crippen LogP contribution < -0.4 is 5.32 Å². The number of nitrogens with one attached hydrogen (secondary N) is 1. The maximum atomic E-state index is 12.0. The van der Waals surface area contributed by atoms with E-state index in [0.717, 1.165) is 5.69 Å². The van der Waals surface area contributed by atoms with E-state index < -0.39 is 0 Å². The molecule has 7 nitrogen and oxygen atoms in total. The molecule has 1 N–H and O–H groups in total. The number of methoxy groups -OCH3 is 1. The molecule has 1 amide bonds. The summed E-state index contributed by atoms with van der Waals surface area (Å²) >= 11 is 1.36. The summed E-state index contributed by atoms with van der Waals surface area (Å²) < 4.78 is 6.22. The Hall–Kier alpha value is -2.22. The number of esters is 1. The van der Waals surface area contributed by atoms with Crippen molar-refractivity contribution in [2.24, 2.45) is 7.05 Å². The van der Waals surface area contributed by atoms with E-state index in [9.17, 15) is 9.59 Å². The van der Waals surface area contributed by atoms with Crippen molar-refractivity contribution in [3.8, 4) is 0 Å². The smallest absolute Gasteiger partial charge is 0.305 e. The zero-order valence-corrected chi connectivity index (χ0v) is 12.6. The van der Waals surface area contributed by atoms with Gasteiger partial charge in [-0.1, -0.05) is 0 Å². The van der Waals surface area contributed by atoms with E-state index >= 15 is 0 Å². The van der Waals surface area contributed by atoms with Crippen molar-refractivity contribution < 1.29 is 14.3 Å². The predicted octanol–water partition coefficient (Wildman–Crippen LogP) is 1.62. The van der Waals surface area contributed by atoms with Gasteiger partial charge in [-0.25, -0.2) is 9.97 Å². The van der Waals surface area contributed by atoms with Crippen LogP contribution in [0.3, 0.4) is 0 Å². The number of ether oxygens (including phenoxy) is 1. The maximum absolute atomic E-state index is 12.0. The monoisotopic (exact) mass is 308 g/mol. The molecule has 0 atom stereocenters. The highest BCUT2D eigenvalue weighted by molar-refractivity contribution is 7.13. The van der Waals surface area contributed by atoms with Crippen molar-refractivity contribution >= 4 is 28.3 Å². The van der Waals surface area contributed by atoms with Crippen molar-refractivity contribution in [2.45, 2.75) is 19.3 Å². The summed E-state index contributed by atoms with van der Waals surface area (Å²) in [6.45, 7) is 0. The molecule has 0 saturated heterocycles. The quantitative estimate of drug-likeness (QED) is 0.820. The first-order valence-corrected chi connectivity index (χ1v) is 7.27. The van der Waals surface area contributed by atoms with Crippen LogP contribution in [0.25, 0.3) is 0 Å². The van der Waals surface area contributed by atoms with Gasteiger partial charge < -0.3 is 9.30 Å². The van der Waals surface area contributed by atoms with Crippen molar-refractivity contribution in [1.29, 1.82) is 0 Å². The number of aryl methyl sites for hydroxylation is 2. The number of imidazole rings is 1. The summed E-state index contributed by atoms with van der Waals surface area (Å²) in [5.41, 5.74) is 1.32. The van der Waals surface area contributed by atoms with E-state index in [1.54, 1.807) is 17.9 Å². The second-order valence-corrected chi connectivity index (χ2v) is 5.28. The number of anilines is 1. The van der Waals surface area contributed by atoms with E-state index in [2.05, 4.69) is 20.0 Å². The van der Waals surface area contributed by atoms with Crippen LogP contribution in [0.5, 0.6) is 0 Å². The molecule has 2 aromatic rings. The Kier molecular flexibility index (Phi) is 5.04. The van der Waals surface area contributed by atoms with Crippen molar-refractivity contribution in [1.82, 2.24) is 14.5 Å². The zero-order valence-electron chi connectivity index (χ0n) is 11.8. The van der Waals surface area contributed by atoms with E-state index in [1.807, 2.05) is 5.38 Å². The molecule has 0 saturated carbocycles. The van der Waals surface area contributed by atoms with E-state index in [-0.39, 0.29) is 11.9 Å². The van der Waals surface area contributed by atoms with Crippen LogP contribution >= 0.6 is 11.3 Å². The van der Waals surface area contributed by atoms with Gasteiger partial charge in [0.25, 0.3) is 5.91 Å². The van der Waals surface area contributed by atoms with E-state index in [0.29, 0.717) is 30.1 Å². The molecular weight excluding hydrogens is 292 g/mol. The third-order valence-electron chi connectivity index (χ3n) is 2.86. The molecule has 112 valence electrons. The lowest BCUT2D eigenvalue weighted by Crippen LogP contribution is -2.15. The molecule has 0 bridgehead atoms. The number of amides is 1. The fourth-order valence-corrected chi connectivity index (χ4v) is 2.47. The van der Waals surface area contributed by atoms with Gasteiger partial charge in [0.15, 0.2) is 5.13 Å². The Morgan fingerprint density at radius 3 is 2.95 bits per heavy atom. The molecule has 0 unspecified atom stereocenters. The maximum Gasteiger partial charge on any atom is 0.305 e. The Labute approximate surface area is 126 Å². The molecule has 8 heteroatoms. The molecule has 0 aliphatic heterocycles. The average Bonchev–Trinajstić information content (AvgIpc) is 3.07. The van der Waals surface area contributed by atoms with Crippen LogP contribution in [0, 0.1) is 0 Å². The molecule has 2 aromatic heterocycles. The summed E-state index contributed by atoms with van der Waals surface area (Å²) in [6, 6.07) is 0. The van der Waals surface area contributed by atoms with Crippen LogP contribution in [0.1, 0.15) is 29.0 Å². The minimum absolute atomic E-state index is 0.227. The van der Waals surface area contributed by atoms with Gasteiger partial charge in [0, 0.05) is 18.8 Å². The van der Waals surface area contributed by atoms with Crippen LogP contribution in [0.15, 0.2) is 17.9 Å². The average molecular weight is 308 g/mol. The molecule has 0 aliphatic carbocycles. The van der Waals surface area contributed by atoms with Gasteiger partial charge >= 0.3 is 5.97 Å². The largest absolute Gasteiger partial charge is 0.469 e. The number of nitrogens with zero attached hydrogens (tertiary/aromatic N) is 3. The van der Waals surface area contributed by atoms with Gasteiger partial charge in [0.05, 0.1) is 25.3 Å². The molecule has 0 fully saturated rings. The first-order valence-electron chi connectivity index (χ1n) is 6.39. The number of thiazole rings is 1. The minimum atomic E-state index is -0.245. The molecular formula is C13H16N4O3S. The summed E-state index contributed by atoms with van der Waals surface area (Å²) in [5, 5.41) is 5.14. The van der Waals surface area contributed by atoms with Gasteiger partial charge in [-0.2, -0.15) is 0 Å². The third-order valence-corrected chi connectivity index (χ3v) is 3.67. The van der Waals surface area contributed by atoms with Crippen LogP contribution in [-0.4, -0.2) is 33.5 Å². The van der Waals surface area contributed by atoms with Crippen LogP contribution in [0.4, 0.5) is 5.13 Å². The molecule has 0 aromatic carbocycles. The lowest BCUT2D eigenvalue weighted by atomic mass is 10.2. The number of aromatic nitrogens is 3. The normalized spacial score (nSPS) is 10.4. The van der Waals surface area contributed by atoms with Crippen molar-refractivity contribution in [3.05, 3.63) is 29.3 Å². The second kappa shape index (κ2) is 6.98. The van der Waals surface area contributed by atoms with Gasteiger partial charge in [-0.3, -0.25) is 14.9 Å². The fourth-order valence-electron chi connectivity index (χ4n) is 1.73. The first-order chi connectivity index (χ1) is 10.1. The van der Waals surface area contributed by atoms with Crippen molar-refractivity contribution in [2.75, 3.05) is 12.4 Å². The highest BCUT2D eigenvalue weighted by atomic mass is 32.1. The molecule has 0 spiro atoms. The Morgan fingerprint density at radius 2 is 2.29 bits per heavy atom. The SMILES string of the molecule is COC(=O)CCCc1csc(NC(=O)c2cncn2C)n1. The van der Waals surface area contributed by atoms with Crippen LogP contribution in [-0.2, 0) is 23.0 Å². The second-order valence-electron chi connectivity index (χ2n) is 4.42. The van der Waals surface area contributed by atoms with Gasteiger partial charge in [-0.05, 0) is 12.8 Å². The summed E-state index contributed by atoms with van der Waals surface area (Å²) in [6.07, 6.45) is 4.78. The molecule has 0 aliphatic rings. The zero-order chi connectivity index (χ0) is 15.2. The van der Waals surface area contributed by atoms with E-state index in [4.69, 9.17) is 0 Å². The standard InChI is InChI=1S/C13H16N4O3S/c1-17-8-14-6-10(17)12(19)16-13-15-9(7-21-13)4-3-5-11(18)20-2/h6-8H,3-5H2,1-2H3,(H,15,16,19). The Morgan fingerprint density at radius 1 is 1.48 bits per heavy atom. The lowest BCUT2D eigenvalue weighted by Gasteiger charge is -2.01. The predicted molar refractivity (Wildman–Crippen MR) is 78.2 cm³/mol. The summed E-state index contributed by atoms with van der Waals surface area (Å²) in [7, 11) is 3.12. The number of carbonyl (C=O) groups is 2. The van der Waals surface area contributed by atoms with Gasteiger partial charge in [0.1, 0.15) is 5.69 Å². The lowest BCUT2D eigenvalue weighted by molar-refractivity contribution is -0.140. The Balaban J connectivity index is 1.87. The highest BCUT2D eigenvalue weighted by Crippen LogP contribution is 2.18. The summed E-state index contributed by atoms with van der Waals surface area (Å²) in [5.74, 6) is -0.472. The van der Waals surface area contributed by atoms with Gasteiger partial charge in [-0.15, -0.1) is 11.3 Å². The highest BCUT2D eigenvalue weighted by Gasteiger charge is 2.12. The molecule has 21 heavy (non-hydrogen) atoms. The Bertz CT molecular complexity index is 635. The van der Waals surface area contributed by atoms with Crippen molar-refractivity contribution in [3.63, 3.8) is 0 Å². The molecule has 0 radical (unpaired) electrons. The number of rotatable bonds is 6. The summed E-state index contributed by atoms with van der Waals surface area (Å²) in [4.78, 5) is 31.2. The van der Waals surface area contributed by atoms with E-state index in [1.165, 1.54) is 24.6 Å². The van der Waals surface area contributed by atoms with Crippen LogP contribution in [0.2, 0.25) is 0 Å². The minimum Gasteiger partial charge on any atom is -0.469 e.